The molecule has 1 aliphatic heterocycles. The van der Waals surface area contributed by atoms with E-state index in [1.165, 1.54) is 0 Å². The molecule has 0 aliphatic carbocycles. The van der Waals surface area contributed by atoms with Gasteiger partial charge in [0.1, 0.15) is 0 Å². The number of fused-ring (bicyclic) bond motifs is 1. The first-order valence-corrected chi connectivity index (χ1v) is 7.74. The Labute approximate surface area is 122 Å². The number of aromatic nitrogens is 1. The zero-order chi connectivity index (χ0) is 13.8. The molecule has 0 spiro atoms. The Morgan fingerprint density at radius 2 is 2.30 bits per heavy atom. The van der Waals surface area contributed by atoms with Crippen LogP contribution >= 0.6 is 11.3 Å². The van der Waals surface area contributed by atoms with Crippen LogP contribution in [0.25, 0.3) is 10.2 Å². The van der Waals surface area contributed by atoms with Crippen molar-refractivity contribution in [1.82, 2.24) is 9.88 Å². The number of rotatable bonds is 5. The summed E-state index contributed by atoms with van der Waals surface area (Å²) in [7, 11) is 0. The van der Waals surface area contributed by atoms with Crippen LogP contribution in [0.5, 0.6) is 0 Å². The van der Waals surface area contributed by atoms with Crippen LogP contribution in [-0.4, -0.2) is 49.3 Å². The van der Waals surface area contributed by atoms with E-state index in [1.54, 1.807) is 17.4 Å². The minimum Gasteiger partial charge on any atom is -0.399 e. The molecule has 1 fully saturated rings. The van der Waals surface area contributed by atoms with Crippen LogP contribution in [0, 0.1) is 6.07 Å². The first-order valence-electron chi connectivity index (χ1n) is 6.93. The number of nitrogens with one attached hydrogen (secondary N) is 1. The highest BCUT2D eigenvalue weighted by molar-refractivity contribution is 7.22. The molecular weight excluding hydrogens is 272 g/mol. The molecule has 0 saturated carbocycles. The molecule has 20 heavy (non-hydrogen) atoms. The van der Waals surface area contributed by atoms with Crippen molar-refractivity contribution < 1.29 is 4.74 Å². The Morgan fingerprint density at radius 3 is 3.15 bits per heavy atom. The molecule has 1 aromatic heterocycles. The van der Waals surface area contributed by atoms with E-state index in [2.05, 4.69) is 21.3 Å². The molecule has 6 heteroatoms. The predicted octanol–water partition coefficient (Wildman–Crippen LogP) is 1.81. The summed E-state index contributed by atoms with van der Waals surface area (Å²) in [4.78, 5) is 6.94. The molecule has 1 aromatic carbocycles. The maximum absolute atomic E-state index is 5.75. The van der Waals surface area contributed by atoms with Gasteiger partial charge in [0.15, 0.2) is 5.13 Å². The van der Waals surface area contributed by atoms with Gasteiger partial charge in [-0.1, -0.05) is 11.3 Å². The van der Waals surface area contributed by atoms with E-state index in [-0.39, 0.29) is 0 Å². The van der Waals surface area contributed by atoms with E-state index >= 15 is 0 Å². The molecule has 3 N–H and O–H groups in total. The standard InChI is InChI=1S/C14H19N4OS/c15-11-2-3-12-13(10-11)20-14(17-12)16-4-1-5-18-6-8-19-9-7-18/h2,10H,1,4-9,15H2,(H,16,17). The number of thiazole rings is 1. The van der Waals surface area contributed by atoms with E-state index < -0.39 is 0 Å². The van der Waals surface area contributed by atoms with Crippen molar-refractivity contribution in [2.24, 2.45) is 0 Å². The lowest BCUT2D eigenvalue weighted by Crippen LogP contribution is -2.37. The number of ether oxygens (including phenoxy) is 1. The average Bonchev–Trinajstić information content (AvgIpc) is 2.86. The first kappa shape index (κ1) is 13.6. The van der Waals surface area contributed by atoms with Crippen molar-refractivity contribution in [2.45, 2.75) is 6.42 Å². The third-order valence-corrected chi connectivity index (χ3v) is 4.32. The SMILES string of the molecule is Nc1c[c]c2nc(NCCCN3CCOCC3)sc2c1. The molecule has 5 nitrogen and oxygen atoms in total. The number of hydrogen-bond donors (Lipinski definition) is 2. The predicted molar refractivity (Wildman–Crippen MR) is 83.2 cm³/mol. The molecule has 0 unspecified atom stereocenters. The Hall–Kier alpha value is -1.37. The molecule has 3 rings (SSSR count). The second-order valence-electron chi connectivity index (χ2n) is 4.90. The van der Waals surface area contributed by atoms with E-state index in [1.807, 2.05) is 6.07 Å². The number of hydrogen-bond acceptors (Lipinski definition) is 6. The van der Waals surface area contributed by atoms with Gasteiger partial charge in [0, 0.05) is 31.4 Å². The maximum atomic E-state index is 5.75. The summed E-state index contributed by atoms with van der Waals surface area (Å²) in [6.07, 6.45) is 1.11. The van der Waals surface area contributed by atoms with Crippen molar-refractivity contribution in [3.63, 3.8) is 0 Å². The topological polar surface area (TPSA) is 63.4 Å². The minimum absolute atomic E-state index is 0.736. The third kappa shape index (κ3) is 3.39. The lowest BCUT2D eigenvalue weighted by molar-refractivity contribution is 0.0378. The largest absolute Gasteiger partial charge is 0.399 e. The fourth-order valence-electron chi connectivity index (χ4n) is 2.28. The molecule has 1 aliphatic rings. The Bertz CT molecular complexity index is 565. The van der Waals surface area contributed by atoms with Crippen LogP contribution in [0.3, 0.4) is 0 Å². The third-order valence-electron chi connectivity index (χ3n) is 3.36. The minimum atomic E-state index is 0.736. The molecule has 0 amide bonds. The Kier molecular flexibility index (Phi) is 4.34. The van der Waals surface area contributed by atoms with Crippen LogP contribution in [0.1, 0.15) is 6.42 Å². The Morgan fingerprint density at radius 1 is 1.45 bits per heavy atom. The zero-order valence-corrected chi connectivity index (χ0v) is 12.2. The van der Waals surface area contributed by atoms with Gasteiger partial charge in [0.25, 0.3) is 0 Å². The van der Waals surface area contributed by atoms with E-state index in [0.29, 0.717) is 0 Å². The van der Waals surface area contributed by atoms with E-state index in [0.717, 1.165) is 66.8 Å². The number of morpholine rings is 1. The van der Waals surface area contributed by atoms with Gasteiger partial charge in [-0.2, -0.15) is 0 Å². The van der Waals surface area contributed by atoms with Crippen LogP contribution in [0.4, 0.5) is 10.8 Å². The number of nitrogens with zero attached hydrogens (tertiary/aromatic N) is 2. The highest BCUT2D eigenvalue weighted by Crippen LogP contribution is 2.26. The van der Waals surface area contributed by atoms with Crippen LogP contribution in [0.2, 0.25) is 0 Å². The van der Waals surface area contributed by atoms with Crippen LogP contribution in [-0.2, 0) is 4.74 Å². The molecule has 2 heterocycles. The average molecular weight is 291 g/mol. The lowest BCUT2D eigenvalue weighted by Gasteiger charge is -2.26. The number of nitrogen functional groups attached to an aromatic ring is 1. The summed E-state index contributed by atoms with van der Waals surface area (Å²) >= 11 is 1.63. The van der Waals surface area contributed by atoms with Gasteiger partial charge in [-0.3, -0.25) is 4.90 Å². The fourth-order valence-corrected chi connectivity index (χ4v) is 3.19. The van der Waals surface area contributed by atoms with E-state index in [9.17, 15) is 0 Å². The number of benzene rings is 1. The van der Waals surface area contributed by atoms with Gasteiger partial charge in [0.2, 0.25) is 0 Å². The lowest BCUT2D eigenvalue weighted by atomic mass is 10.3. The first-order chi connectivity index (χ1) is 9.81. The summed E-state index contributed by atoms with van der Waals surface area (Å²) < 4.78 is 6.42. The summed E-state index contributed by atoms with van der Waals surface area (Å²) in [6.45, 7) is 5.88. The van der Waals surface area contributed by atoms with Crippen LogP contribution in [0.15, 0.2) is 12.1 Å². The normalized spacial score (nSPS) is 16.6. The summed E-state index contributed by atoms with van der Waals surface area (Å²) in [5.41, 5.74) is 7.37. The summed E-state index contributed by atoms with van der Waals surface area (Å²) in [5.74, 6) is 0. The smallest absolute Gasteiger partial charge is 0.183 e. The van der Waals surface area contributed by atoms with Crippen molar-refractivity contribution in [3.05, 3.63) is 18.2 Å². The van der Waals surface area contributed by atoms with Gasteiger partial charge in [-0.05, 0) is 25.1 Å². The molecule has 107 valence electrons. The zero-order valence-electron chi connectivity index (χ0n) is 11.4. The van der Waals surface area contributed by atoms with Gasteiger partial charge in [0.05, 0.1) is 23.4 Å². The highest BCUT2D eigenvalue weighted by atomic mass is 32.1. The van der Waals surface area contributed by atoms with Gasteiger partial charge >= 0.3 is 0 Å². The quantitative estimate of drug-likeness (QED) is 0.650. The maximum Gasteiger partial charge on any atom is 0.183 e. The second-order valence-corrected chi connectivity index (χ2v) is 5.93. The van der Waals surface area contributed by atoms with Crippen molar-refractivity contribution >= 4 is 32.4 Å². The summed E-state index contributed by atoms with van der Waals surface area (Å²) in [6, 6.07) is 6.81. The monoisotopic (exact) mass is 291 g/mol. The number of nitrogens with two attached hydrogens (primary N) is 1. The molecular formula is C14H19N4OS. The van der Waals surface area contributed by atoms with Crippen molar-refractivity contribution in [1.29, 1.82) is 0 Å². The van der Waals surface area contributed by atoms with Gasteiger partial charge < -0.3 is 15.8 Å². The molecule has 0 atom stereocenters. The summed E-state index contributed by atoms with van der Waals surface area (Å²) in [5, 5.41) is 4.33. The second kappa shape index (κ2) is 6.39. The van der Waals surface area contributed by atoms with Crippen molar-refractivity contribution in [3.8, 4) is 0 Å². The molecule has 1 radical (unpaired) electrons. The van der Waals surface area contributed by atoms with Crippen LogP contribution < -0.4 is 11.1 Å². The van der Waals surface area contributed by atoms with Crippen molar-refractivity contribution in [2.75, 3.05) is 50.4 Å². The Balaban J connectivity index is 1.47. The molecule has 1 saturated heterocycles. The highest BCUT2D eigenvalue weighted by Gasteiger charge is 2.09. The number of anilines is 2. The fraction of sp³-hybridized carbons (Fsp3) is 0.500. The van der Waals surface area contributed by atoms with E-state index in [4.69, 9.17) is 10.5 Å². The molecule has 2 aromatic rings. The van der Waals surface area contributed by atoms with Gasteiger partial charge in [-0.15, -0.1) is 0 Å². The van der Waals surface area contributed by atoms with Gasteiger partial charge in [-0.25, -0.2) is 4.98 Å². The molecule has 0 bridgehead atoms.